The molecule has 4 heteroatoms. The van der Waals surface area contributed by atoms with E-state index < -0.39 is 11.0 Å². The van der Waals surface area contributed by atoms with Gasteiger partial charge in [0.15, 0.2) is 0 Å². The molecular weight excluding hydrogens is 432 g/mol. The molecule has 0 bridgehead atoms. The molecule has 1 amide bonds. The van der Waals surface area contributed by atoms with E-state index in [1.807, 2.05) is 6.07 Å². The van der Waals surface area contributed by atoms with Crippen molar-refractivity contribution in [2.75, 3.05) is 5.32 Å². The number of anilines is 1. The number of rotatable bonds is 0. The van der Waals surface area contributed by atoms with E-state index in [1.54, 1.807) is 0 Å². The molecule has 1 N–H and O–H groups in total. The molecule has 2 aromatic rings. The molecule has 0 saturated heterocycles. The molecule has 1 atom stereocenters. The second-order valence-electron chi connectivity index (χ2n) is 13.5. The van der Waals surface area contributed by atoms with Crippen molar-refractivity contribution in [1.82, 2.24) is 0 Å². The third-order valence-corrected chi connectivity index (χ3v) is 8.34. The second kappa shape index (κ2) is 6.87. The lowest BCUT2D eigenvalue weighted by atomic mass is 9.64. The smallest absolute Gasteiger partial charge is 0.273 e. The lowest BCUT2D eigenvalue weighted by Crippen LogP contribution is -2.59. The maximum Gasteiger partial charge on any atom is 0.273 e. The zero-order chi connectivity index (χ0) is 25.8. The minimum absolute atomic E-state index is 0.00119. The van der Waals surface area contributed by atoms with Crippen LogP contribution in [0.5, 0.6) is 0 Å². The summed E-state index contributed by atoms with van der Waals surface area (Å²) in [6, 6.07) is 12.9. The molecule has 2 aromatic carbocycles. The number of nitrogens with one attached hydrogen (secondary N) is 1. The van der Waals surface area contributed by atoms with Crippen LogP contribution in [0.15, 0.2) is 53.0 Å². The van der Waals surface area contributed by atoms with Crippen molar-refractivity contribution >= 4 is 23.2 Å². The van der Waals surface area contributed by atoms with Crippen LogP contribution in [-0.4, -0.2) is 17.4 Å². The van der Waals surface area contributed by atoms with Gasteiger partial charge in [0.05, 0.1) is 5.69 Å². The monoisotopic (exact) mass is 470 g/mol. The van der Waals surface area contributed by atoms with Crippen LogP contribution in [0.1, 0.15) is 91.5 Å². The lowest BCUT2D eigenvalue weighted by Gasteiger charge is -2.45. The number of amides is 1. The van der Waals surface area contributed by atoms with Gasteiger partial charge < -0.3 is 10.1 Å². The first-order chi connectivity index (χ1) is 16.0. The Morgan fingerprint density at radius 1 is 0.829 bits per heavy atom. The van der Waals surface area contributed by atoms with Gasteiger partial charge in [-0.2, -0.15) is 0 Å². The molecule has 1 spiro atoms. The Hall–Kier alpha value is -2.88. The number of fused-ring (bicyclic) bond motifs is 3. The topological polar surface area (TPSA) is 50.7 Å². The molecule has 35 heavy (non-hydrogen) atoms. The summed E-state index contributed by atoms with van der Waals surface area (Å²) in [5.41, 5.74) is 5.44. The molecule has 3 heterocycles. The fraction of sp³-hybridized carbons (Fsp3) is 0.484. The highest BCUT2D eigenvalue weighted by Crippen LogP contribution is 2.55. The number of aliphatic imine (C=N–C) groups is 1. The minimum Gasteiger partial charge on any atom is -0.455 e. The molecule has 4 nitrogen and oxygen atoms in total. The maximum atomic E-state index is 13.8. The largest absolute Gasteiger partial charge is 0.455 e. The third kappa shape index (κ3) is 3.25. The highest BCUT2D eigenvalue weighted by molar-refractivity contribution is 6.12. The lowest BCUT2D eigenvalue weighted by molar-refractivity contribution is -0.133. The van der Waals surface area contributed by atoms with Crippen molar-refractivity contribution in [2.45, 2.75) is 96.5 Å². The Morgan fingerprint density at radius 3 is 2.00 bits per heavy atom. The van der Waals surface area contributed by atoms with E-state index in [1.165, 1.54) is 16.7 Å². The van der Waals surface area contributed by atoms with Crippen LogP contribution in [0, 0.1) is 0 Å². The van der Waals surface area contributed by atoms with E-state index in [2.05, 4.69) is 111 Å². The normalized spacial score (nSPS) is 24.0. The van der Waals surface area contributed by atoms with E-state index >= 15 is 0 Å². The van der Waals surface area contributed by atoms with Crippen molar-refractivity contribution < 1.29 is 9.53 Å². The molecule has 184 valence electrons. The first-order valence-corrected chi connectivity index (χ1v) is 12.6. The van der Waals surface area contributed by atoms with E-state index in [0.717, 1.165) is 22.5 Å². The number of carbonyl (C=O) groups is 1. The van der Waals surface area contributed by atoms with Crippen molar-refractivity contribution in [3.8, 4) is 0 Å². The van der Waals surface area contributed by atoms with Crippen LogP contribution in [0.4, 0.5) is 11.4 Å². The fourth-order valence-corrected chi connectivity index (χ4v) is 5.64. The standard InChI is InChI=1S/C31H38N2O2/c1-27(2,3)18-11-13-23-20(15-18)29(7,8)22-17-31(35-25(22)32-23)26(34)33-24-14-12-19(28(4,5)6)16-21(24)30(31,9)10/h11-17H,1-10H3,(H,33,34)/t31-/m0/s1. The van der Waals surface area contributed by atoms with Gasteiger partial charge >= 0.3 is 0 Å². The molecule has 5 rings (SSSR count). The van der Waals surface area contributed by atoms with Gasteiger partial charge in [0.1, 0.15) is 0 Å². The molecule has 3 aliphatic rings. The first-order valence-electron chi connectivity index (χ1n) is 12.6. The molecule has 0 fully saturated rings. The maximum absolute atomic E-state index is 13.8. The molecule has 0 unspecified atom stereocenters. The van der Waals surface area contributed by atoms with Gasteiger partial charge in [-0.05, 0) is 51.3 Å². The molecule has 0 aromatic heterocycles. The van der Waals surface area contributed by atoms with Gasteiger partial charge in [-0.25, -0.2) is 4.99 Å². The van der Waals surface area contributed by atoms with Gasteiger partial charge in [0, 0.05) is 22.1 Å². The van der Waals surface area contributed by atoms with Crippen LogP contribution in [0.3, 0.4) is 0 Å². The van der Waals surface area contributed by atoms with Crippen molar-refractivity contribution in [3.63, 3.8) is 0 Å². The van der Waals surface area contributed by atoms with Crippen LogP contribution in [-0.2, 0) is 31.2 Å². The van der Waals surface area contributed by atoms with E-state index in [9.17, 15) is 4.79 Å². The van der Waals surface area contributed by atoms with E-state index in [-0.39, 0.29) is 22.2 Å². The molecule has 3 aliphatic heterocycles. The quantitative estimate of drug-likeness (QED) is 0.442. The van der Waals surface area contributed by atoms with Crippen molar-refractivity contribution in [2.24, 2.45) is 4.99 Å². The van der Waals surface area contributed by atoms with Gasteiger partial charge in [-0.3, -0.25) is 4.79 Å². The zero-order valence-corrected chi connectivity index (χ0v) is 22.8. The fourth-order valence-electron chi connectivity index (χ4n) is 5.64. The average Bonchev–Trinajstić information content (AvgIpc) is 3.14. The number of hydrogen-bond donors (Lipinski definition) is 1. The molecule has 0 radical (unpaired) electrons. The number of benzene rings is 2. The summed E-state index contributed by atoms with van der Waals surface area (Å²) in [5.74, 6) is 0.419. The summed E-state index contributed by atoms with van der Waals surface area (Å²) >= 11 is 0. The summed E-state index contributed by atoms with van der Waals surface area (Å²) in [5, 5.41) is 3.15. The first kappa shape index (κ1) is 23.8. The van der Waals surface area contributed by atoms with Crippen molar-refractivity contribution in [3.05, 3.63) is 70.3 Å². The number of carbonyl (C=O) groups excluding carboxylic acids is 1. The van der Waals surface area contributed by atoms with Crippen LogP contribution in [0.2, 0.25) is 0 Å². The Labute approximate surface area is 209 Å². The van der Waals surface area contributed by atoms with Crippen LogP contribution in [0.25, 0.3) is 0 Å². The summed E-state index contributed by atoms with van der Waals surface area (Å²) in [6.07, 6.45) is 2.06. The number of ether oxygens (including phenoxy) is 1. The zero-order valence-electron chi connectivity index (χ0n) is 22.8. The molecule has 0 saturated carbocycles. The Bertz CT molecular complexity index is 1330. The highest BCUT2D eigenvalue weighted by Gasteiger charge is 2.62. The van der Waals surface area contributed by atoms with Gasteiger partial charge in [-0.1, -0.05) is 93.5 Å². The summed E-state index contributed by atoms with van der Waals surface area (Å²) in [7, 11) is 0. The Balaban J connectivity index is 1.68. The summed E-state index contributed by atoms with van der Waals surface area (Å²) < 4.78 is 6.64. The minimum atomic E-state index is -1.17. The average molecular weight is 471 g/mol. The Kier molecular flexibility index (Phi) is 4.68. The second-order valence-corrected chi connectivity index (χ2v) is 13.5. The third-order valence-electron chi connectivity index (χ3n) is 8.34. The molecular formula is C31H38N2O2. The SMILES string of the molecule is CC(C)(C)c1ccc2c(c1)C(C)(C)C1=C[C@]3(OC1=N2)C(=O)Nc1ccc(C(C)(C)C)cc1C3(C)C. The summed E-state index contributed by atoms with van der Waals surface area (Å²) in [4.78, 5) is 18.7. The van der Waals surface area contributed by atoms with Crippen molar-refractivity contribution in [1.29, 1.82) is 0 Å². The number of hydrogen-bond acceptors (Lipinski definition) is 3. The predicted molar refractivity (Wildman–Crippen MR) is 144 cm³/mol. The molecule has 0 aliphatic carbocycles. The van der Waals surface area contributed by atoms with Crippen LogP contribution >= 0.6 is 0 Å². The number of nitrogens with zero attached hydrogens (tertiary/aromatic N) is 1. The van der Waals surface area contributed by atoms with E-state index in [4.69, 9.17) is 9.73 Å². The van der Waals surface area contributed by atoms with Crippen LogP contribution < -0.4 is 5.32 Å². The summed E-state index contributed by atoms with van der Waals surface area (Å²) in [6.45, 7) is 22.0. The van der Waals surface area contributed by atoms with E-state index in [0.29, 0.717) is 5.90 Å². The Morgan fingerprint density at radius 2 is 1.40 bits per heavy atom. The highest BCUT2D eigenvalue weighted by atomic mass is 16.5. The predicted octanol–water partition coefficient (Wildman–Crippen LogP) is 7.23. The van der Waals surface area contributed by atoms with Gasteiger partial charge in [0.25, 0.3) is 5.91 Å². The van der Waals surface area contributed by atoms with Gasteiger partial charge in [0.2, 0.25) is 11.5 Å². The van der Waals surface area contributed by atoms with Gasteiger partial charge in [-0.15, -0.1) is 0 Å².